The molecule has 0 saturated carbocycles. The van der Waals surface area contributed by atoms with Crippen LogP contribution in [-0.2, 0) is 0 Å². The van der Waals surface area contributed by atoms with Gasteiger partial charge in [-0.1, -0.05) is 114 Å². The molecule has 0 heterocycles. The lowest BCUT2D eigenvalue weighted by atomic mass is 10.0. The number of amidine groups is 1. The Morgan fingerprint density at radius 2 is 1.43 bits per heavy atom. The van der Waals surface area contributed by atoms with Crippen molar-refractivity contribution in [2.45, 2.75) is 80.6 Å². The van der Waals surface area contributed by atoms with E-state index in [4.69, 9.17) is 0 Å². The Hall–Kier alpha value is -3.72. The van der Waals surface area contributed by atoms with E-state index in [-0.39, 0.29) is 0 Å². The third-order valence-electron chi connectivity index (χ3n) is 6.85. The number of aliphatic imine (C=N–C) groups is 2. The number of rotatable bonds is 12. The minimum atomic E-state index is 0.483. The summed E-state index contributed by atoms with van der Waals surface area (Å²) >= 11 is 0. The van der Waals surface area contributed by atoms with Crippen molar-refractivity contribution in [1.29, 1.82) is 0 Å². The number of para-hydroxylation sites is 1. The van der Waals surface area contributed by atoms with Crippen molar-refractivity contribution in [3.8, 4) is 0 Å². The lowest BCUT2D eigenvalue weighted by Crippen LogP contribution is -2.16. The minimum absolute atomic E-state index is 0.483. The van der Waals surface area contributed by atoms with Crippen LogP contribution in [0, 0.1) is 0 Å². The highest BCUT2D eigenvalue weighted by molar-refractivity contribution is 6.01. The van der Waals surface area contributed by atoms with Crippen molar-refractivity contribution in [2.24, 2.45) is 9.98 Å². The Kier molecular flexibility index (Phi) is 15.9. The van der Waals surface area contributed by atoms with Crippen molar-refractivity contribution in [1.82, 2.24) is 0 Å². The van der Waals surface area contributed by atoms with E-state index >= 15 is 0 Å². The Bertz CT molecular complexity index is 1240. The fraction of sp³-hybridized carbons (Fsp3) is 0.351. The molecule has 40 heavy (non-hydrogen) atoms. The first-order valence-electron chi connectivity index (χ1n) is 14.5. The summed E-state index contributed by atoms with van der Waals surface area (Å²) in [5, 5.41) is 0. The summed E-state index contributed by atoms with van der Waals surface area (Å²) in [4.78, 5) is 11.0. The summed E-state index contributed by atoms with van der Waals surface area (Å²) in [5.74, 6) is 1.10. The molecule has 0 spiro atoms. The Morgan fingerprint density at radius 1 is 0.850 bits per heavy atom. The molecular weight excluding hydrogens is 486 g/mol. The summed E-state index contributed by atoms with van der Waals surface area (Å²) in [6, 6.07) is 18.5. The molecule has 214 valence electrons. The Labute approximate surface area is 245 Å². The van der Waals surface area contributed by atoms with Crippen LogP contribution in [0.25, 0.3) is 0 Å². The number of hydrogen-bond donors (Lipinski definition) is 0. The van der Waals surface area contributed by atoms with Gasteiger partial charge >= 0.3 is 0 Å². The zero-order valence-electron chi connectivity index (χ0n) is 26.5. The highest BCUT2D eigenvalue weighted by Crippen LogP contribution is 2.28. The second-order valence-corrected chi connectivity index (χ2v) is 9.98. The topological polar surface area (TPSA) is 28.0 Å². The van der Waals surface area contributed by atoms with Crippen LogP contribution in [0.5, 0.6) is 0 Å². The van der Waals surface area contributed by atoms with Crippen LogP contribution in [0.1, 0.15) is 91.7 Å². The van der Waals surface area contributed by atoms with Gasteiger partial charge in [0.15, 0.2) is 5.84 Å². The third-order valence-corrected chi connectivity index (χ3v) is 6.85. The second kappa shape index (κ2) is 18.5. The molecule has 0 unspecified atom stereocenters. The monoisotopic (exact) mass is 537 g/mol. The predicted molar refractivity (Wildman–Crippen MR) is 181 cm³/mol. The molecule has 0 fully saturated rings. The molecule has 0 saturated heterocycles. The van der Waals surface area contributed by atoms with Crippen LogP contribution in [-0.4, -0.2) is 19.6 Å². The average Bonchev–Trinajstić information content (AvgIpc) is 2.99. The molecule has 0 aromatic heterocycles. The molecular formula is C37H51N3. The minimum Gasteiger partial charge on any atom is -0.348 e. The maximum atomic E-state index is 4.62. The molecule has 0 N–H and O–H groups in total. The van der Waals surface area contributed by atoms with Gasteiger partial charge in [-0.15, -0.1) is 0 Å². The highest BCUT2D eigenvalue weighted by Gasteiger charge is 2.10. The van der Waals surface area contributed by atoms with E-state index in [2.05, 4.69) is 125 Å². The number of allylic oxidation sites excluding steroid dienone is 9. The summed E-state index contributed by atoms with van der Waals surface area (Å²) in [6.07, 6.45) is 11.6. The third kappa shape index (κ3) is 11.2. The average molecular weight is 538 g/mol. The molecule has 0 aliphatic carbocycles. The largest absolute Gasteiger partial charge is 0.348 e. The van der Waals surface area contributed by atoms with Gasteiger partial charge in [-0.05, 0) is 81.5 Å². The molecule has 0 bridgehead atoms. The fourth-order valence-electron chi connectivity index (χ4n) is 4.00. The number of benzene rings is 2. The van der Waals surface area contributed by atoms with Crippen molar-refractivity contribution >= 4 is 18.2 Å². The van der Waals surface area contributed by atoms with Crippen LogP contribution in [0.15, 0.2) is 124 Å². The molecule has 0 amide bonds. The SMILES string of the molecule is C=NC(=NC(=C)CC/C(=C/C=C(C)/C(C)=C/C=C(\C)N(C)c1ccccc1C(C)C)CC)c1ccccc1.CC. The quantitative estimate of drug-likeness (QED) is 0.150. The Balaban J connectivity index is 0.00000391. The lowest BCUT2D eigenvalue weighted by molar-refractivity contribution is 0.858. The number of hydrogen-bond acceptors (Lipinski definition) is 2. The normalized spacial score (nSPS) is 13.1. The maximum absolute atomic E-state index is 4.62. The molecule has 0 radical (unpaired) electrons. The molecule has 2 aromatic carbocycles. The molecule has 3 heteroatoms. The van der Waals surface area contributed by atoms with Crippen molar-refractivity contribution in [3.05, 3.63) is 125 Å². The Morgan fingerprint density at radius 3 is 2.00 bits per heavy atom. The number of anilines is 1. The number of nitrogens with zero attached hydrogens (tertiary/aromatic N) is 3. The second-order valence-electron chi connectivity index (χ2n) is 9.98. The van der Waals surface area contributed by atoms with Crippen LogP contribution < -0.4 is 4.90 Å². The molecule has 0 atom stereocenters. The van der Waals surface area contributed by atoms with Gasteiger partial charge in [-0.3, -0.25) is 0 Å². The molecule has 2 rings (SSSR count). The lowest BCUT2D eigenvalue weighted by Gasteiger charge is -2.24. The van der Waals surface area contributed by atoms with Gasteiger partial charge in [0.2, 0.25) is 0 Å². The fourth-order valence-corrected chi connectivity index (χ4v) is 4.00. The van der Waals surface area contributed by atoms with Gasteiger partial charge in [0.05, 0.1) is 0 Å². The standard InChI is InChI=1S/C35H45N3.C2H6/c1-10-31(25-22-29(6)37-35(36-8)32-16-12-11-13-17-32)24-21-28(5)27(4)20-23-30(7)38(9)34-19-15-14-18-33(34)26(2)3;1-2/h11-21,23-24,26H,6,8,10,22,25H2,1-5,7,9H3;1-2H3/b27-20+,28-21+,30-23+,31-24+,37-35?;. The molecule has 0 aliphatic heterocycles. The van der Waals surface area contributed by atoms with E-state index in [1.54, 1.807) is 0 Å². The van der Waals surface area contributed by atoms with E-state index in [0.29, 0.717) is 11.8 Å². The van der Waals surface area contributed by atoms with E-state index < -0.39 is 0 Å². The van der Waals surface area contributed by atoms with E-state index in [1.165, 1.54) is 33.7 Å². The van der Waals surface area contributed by atoms with Gasteiger partial charge < -0.3 is 4.90 Å². The predicted octanol–water partition coefficient (Wildman–Crippen LogP) is 10.8. The molecule has 0 aliphatic rings. The van der Waals surface area contributed by atoms with E-state index in [1.807, 2.05) is 44.2 Å². The summed E-state index contributed by atoms with van der Waals surface area (Å²) in [6.45, 7) is 25.0. The molecule has 2 aromatic rings. The highest BCUT2D eigenvalue weighted by atomic mass is 15.1. The van der Waals surface area contributed by atoms with E-state index in [0.717, 1.165) is 30.5 Å². The molecule has 3 nitrogen and oxygen atoms in total. The van der Waals surface area contributed by atoms with Gasteiger partial charge in [0.25, 0.3) is 0 Å². The van der Waals surface area contributed by atoms with Crippen molar-refractivity contribution < 1.29 is 0 Å². The first-order valence-corrected chi connectivity index (χ1v) is 14.5. The van der Waals surface area contributed by atoms with Crippen LogP contribution >= 0.6 is 0 Å². The first-order chi connectivity index (χ1) is 19.2. The smallest absolute Gasteiger partial charge is 0.158 e. The summed E-state index contributed by atoms with van der Waals surface area (Å²) in [5.41, 5.74) is 9.48. The first kappa shape index (κ1) is 34.3. The van der Waals surface area contributed by atoms with Crippen molar-refractivity contribution in [2.75, 3.05) is 11.9 Å². The summed E-state index contributed by atoms with van der Waals surface area (Å²) < 4.78 is 0. The van der Waals surface area contributed by atoms with Gasteiger partial charge in [-0.2, -0.15) is 0 Å². The van der Waals surface area contributed by atoms with Gasteiger partial charge in [0, 0.05) is 29.7 Å². The van der Waals surface area contributed by atoms with Crippen molar-refractivity contribution in [3.63, 3.8) is 0 Å². The van der Waals surface area contributed by atoms with Crippen LogP contribution in [0.3, 0.4) is 0 Å². The van der Waals surface area contributed by atoms with Gasteiger partial charge in [-0.25, -0.2) is 9.98 Å². The van der Waals surface area contributed by atoms with Gasteiger partial charge in [0.1, 0.15) is 0 Å². The maximum Gasteiger partial charge on any atom is 0.158 e. The van der Waals surface area contributed by atoms with Crippen LogP contribution in [0.4, 0.5) is 5.69 Å². The zero-order valence-corrected chi connectivity index (χ0v) is 26.5. The summed E-state index contributed by atoms with van der Waals surface area (Å²) in [7, 11) is 2.14. The van der Waals surface area contributed by atoms with E-state index in [9.17, 15) is 0 Å². The van der Waals surface area contributed by atoms with Crippen LogP contribution in [0.2, 0.25) is 0 Å². The zero-order chi connectivity index (χ0) is 30.1.